The van der Waals surface area contributed by atoms with Crippen LogP contribution in [0.4, 0.5) is 0 Å². The van der Waals surface area contributed by atoms with Crippen molar-refractivity contribution in [2.45, 2.75) is 39.7 Å². The summed E-state index contributed by atoms with van der Waals surface area (Å²) in [5.41, 5.74) is 0.631. The summed E-state index contributed by atoms with van der Waals surface area (Å²) in [5, 5.41) is 4.49. The molecule has 1 amide bonds. The van der Waals surface area contributed by atoms with Gasteiger partial charge in [-0.2, -0.15) is 5.10 Å². The van der Waals surface area contributed by atoms with Gasteiger partial charge in [0.1, 0.15) is 17.4 Å². The summed E-state index contributed by atoms with van der Waals surface area (Å²) in [6.07, 6.45) is 1.98. The fourth-order valence-corrected chi connectivity index (χ4v) is 3.32. The maximum atomic E-state index is 13.0. The standard InChI is InChI=1S/C18H24N4O2/c1-4-24-17-10-6-5-9-16(17)18(23)21-11-7-8-15(12-21)22-14(3)19-13(2)20-22/h5-6,9-10,15H,4,7-8,11-12H2,1-3H3. The maximum absolute atomic E-state index is 13.0. The van der Waals surface area contributed by atoms with Gasteiger partial charge in [0, 0.05) is 13.1 Å². The van der Waals surface area contributed by atoms with E-state index in [2.05, 4.69) is 10.1 Å². The Morgan fingerprint density at radius 3 is 2.83 bits per heavy atom. The first kappa shape index (κ1) is 16.5. The third-order valence-electron chi connectivity index (χ3n) is 4.35. The summed E-state index contributed by atoms with van der Waals surface area (Å²) >= 11 is 0. The monoisotopic (exact) mass is 328 g/mol. The fourth-order valence-electron chi connectivity index (χ4n) is 3.32. The number of amides is 1. The van der Waals surface area contributed by atoms with Crippen molar-refractivity contribution >= 4 is 5.91 Å². The Morgan fingerprint density at radius 2 is 2.12 bits per heavy atom. The number of ether oxygens (including phenoxy) is 1. The molecule has 1 unspecified atom stereocenters. The predicted molar refractivity (Wildman–Crippen MR) is 91.3 cm³/mol. The molecule has 6 heteroatoms. The molecule has 1 aliphatic rings. The number of para-hydroxylation sites is 1. The Hall–Kier alpha value is -2.37. The molecule has 0 saturated carbocycles. The van der Waals surface area contributed by atoms with Crippen LogP contribution in [0, 0.1) is 13.8 Å². The van der Waals surface area contributed by atoms with E-state index in [1.807, 2.05) is 54.6 Å². The Morgan fingerprint density at radius 1 is 1.33 bits per heavy atom. The van der Waals surface area contributed by atoms with Gasteiger partial charge in [0.2, 0.25) is 0 Å². The van der Waals surface area contributed by atoms with E-state index in [0.717, 1.165) is 31.0 Å². The number of carbonyl (C=O) groups is 1. The first-order chi connectivity index (χ1) is 11.6. The van der Waals surface area contributed by atoms with Crippen LogP contribution in [-0.2, 0) is 0 Å². The summed E-state index contributed by atoms with van der Waals surface area (Å²) in [6, 6.07) is 7.64. The summed E-state index contributed by atoms with van der Waals surface area (Å²) in [7, 11) is 0. The van der Waals surface area contributed by atoms with E-state index in [0.29, 0.717) is 24.5 Å². The van der Waals surface area contributed by atoms with Gasteiger partial charge in [-0.25, -0.2) is 9.67 Å². The van der Waals surface area contributed by atoms with Gasteiger partial charge in [-0.15, -0.1) is 0 Å². The summed E-state index contributed by atoms with van der Waals surface area (Å²) in [6.45, 7) is 7.75. The van der Waals surface area contributed by atoms with Gasteiger partial charge < -0.3 is 9.64 Å². The molecule has 1 aromatic heterocycles. The molecule has 1 aromatic carbocycles. The molecule has 6 nitrogen and oxygen atoms in total. The molecule has 0 spiro atoms. The van der Waals surface area contributed by atoms with E-state index in [-0.39, 0.29) is 11.9 Å². The van der Waals surface area contributed by atoms with E-state index in [1.54, 1.807) is 0 Å². The lowest BCUT2D eigenvalue weighted by molar-refractivity contribution is 0.0667. The molecule has 128 valence electrons. The van der Waals surface area contributed by atoms with Crippen LogP contribution in [0.15, 0.2) is 24.3 Å². The number of likely N-dealkylation sites (tertiary alicyclic amines) is 1. The third kappa shape index (κ3) is 3.27. The lowest BCUT2D eigenvalue weighted by atomic mass is 10.0. The number of piperidine rings is 1. The lowest BCUT2D eigenvalue weighted by Crippen LogP contribution is -2.41. The molecule has 0 radical (unpaired) electrons. The fraction of sp³-hybridized carbons (Fsp3) is 0.500. The SMILES string of the molecule is CCOc1ccccc1C(=O)N1CCCC(n2nc(C)nc2C)C1. The van der Waals surface area contributed by atoms with E-state index in [1.165, 1.54) is 0 Å². The zero-order chi connectivity index (χ0) is 17.1. The molecule has 2 heterocycles. The van der Waals surface area contributed by atoms with Gasteiger partial charge in [-0.1, -0.05) is 12.1 Å². The van der Waals surface area contributed by atoms with Crippen LogP contribution in [0.3, 0.4) is 0 Å². The molecule has 2 aromatic rings. The number of rotatable bonds is 4. The quantitative estimate of drug-likeness (QED) is 0.866. The lowest BCUT2D eigenvalue weighted by Gasteiger charge is -2.33. The van der Waals surface area contributed by atoms with Gasteiger partial charge in [-0.05, 0) is 45.7 Å². The second-order valence-corrected chi connectivity index (χ2v) is 6.13. The molecule has 1 saturated heterocycles. The molecular formula is C18H24N4O2. The van der Waals surface area contributed by atoms with Crippen LogP contribution >= 0.6 is 0 Å². The smallest absolute Gasteiger partial charge is 0.257 e. The number of aryl methyl sites for hydroxylation is 2. The Kier molecular flexibility index (Phi) is 4.83. The Labute approximate surface area is 142 Å². The van der Waals surface area contributed by atoms with E-state index in [4.69, 9.17) is 4.74 Å². The van der Waals surface area contributed by atoms with Gasteiger partial charge in [0.15, 0.2) is 0 Å². The number of nitrogens with zero attached hydrogens (tertiary/aromatic N) is 4. The normalized spacial score (nSPS) is 17.8. The Balaban J connectivity index is 1.80. The van der Waals surface area contributed by atoms with Crippen LogP contribution in [0.25, 0.3) is 0 Å². The summed E-state index contributed by atoms with van der Waals surface area (Å²) < 4.78 is 7.57. The molecule has 1 atom stereocenters. The van der Waals surface area contributed by atoms with Crippen molar-refractivity contribution in [2.24, 2.45) is 0 Å². The third-order valence-corrected chi connectivity index (χ3v) is 4.35. The highest BCUT2D eigenvalue weighted by Crippen LogP contribution is 2.26. The summed E-state index contributed by atoms with van der Waals surface area (Å²) in [4.78, 5) is 19.2. The van der Waals surface area contributed by atoms with Crippen molar-refractivity contribution in [3.63, 3.8) is 0 Å². The second-order valence-electron chi connectivity index (χ2n) is 6.13. The van der Waals surface area contributed by atoms with Gasteiger partial charge in [-0.3, -0.25) is 4.79 Å². The van der Waals surface area contributed by atoms with Crippen LogP contribution in [0.1, 0.15) is 47.8 Å². The van der Waals surface area contributed by atoms with E-state index in [9.17, 15) is 4.79 Å². The van der Waals surface area contributed by atoms with E-state index < -0.39 is 0 Å². The number of aromatic nitrogens is 3. The molecule has 1 fully saturated rings. The highest BCUT2D eigenvalue weighted by Gasteiger charge is 2.28. The van der Waals surface area contributed by atoms with Gasteiger partial charge in [0.25, 0.3) is 5.91 Å². The first-order valence-electron chi connectivity index (χ1n) is 8.51. The van der Waals surface area contributed by atoms with Crippen LogP contribution in [-0.4, -0.2) is 45.3 Å². The van der Waals surface area contributed by atoms with Gasteiger partial charge >= 0.3 is 0 Å². The van der Waals surface area contributed by atoms with Crippen molar-refractivity contribution in [2.75, 3.05) is 19.7 Å². The van der Waals surface area contributed by atoms with Crippen molar-refractivity contribution in [1.29, 1.82) is 0 Å². The minimum absolute atomic E-state index is 0.0261. The minimum atomic E-state index is 0.0261. The molecule has 24 heavy (non-hydrogen) atoms. The Bertz CT molecular complexity index is 726. The minimum Gasteiger partial charge on any atom is -0.493 e. The van der Waals surface area contributed by atoms with Crippen molar-refractivity contribution in [3.8, 4) is 5.75 Å². The van der Waals surface area contributed by atoms with Gasteiger partial charge in [0.05, 0.1) is 18.2 Å². The van der Waals surface area contributed by atoms with Crippen LogP contribution < -0.4 is 4.74 Å². The van der Waals surface area contributed by atoms with Crippen molar-refractivity contribution in [3.05, 3.63) is 41.5 Å². The molecule has 0 bridgehead atoms. The molecule has 0 aliphatic carbocycles. The summed E-state index contributed by atoms with van der Waals surface area (Å²) in [5.74, 6) is 2.36. The zero-order valence-corrected chi connectivity index (χ0v) is 14.5. The zero-order valence-electron chi connectivity index (χ0n) is 14.5. The molecule has 1 aliphatic heterocycles. The average molecular weight is 328 g/mol. The van der Waals surface area contributed by atoms with E-state index >= 15 is 0 Å². The molecular weight excluding hydrogens is 304 g/mol. The number of hydrogen-bond acceptors (Lipinski definition) is 4. The highest BCUT2D eigenvalue weighted by atomic mass is 16.5. The number of hydrogen-bond donors (Lipinski definition) is 0. The molecule has 3 rings (SSSR count). The maximum Gasteiger partial charge on any atom is 0.257 e. The van der Waals surface area contributed by atoms with Crippen LogP contribution in [0.2, 0.25) is 0 Å². The van der Waals surface area contributed by atoms with Crippen LogP contribution in [0.5, 0.6) is 5.75 Å². The number of carbonyl (C=O) groups excluding carboxylic acids is 1. The second kappa shape index (κ2) is 7.03. The van der Waals surface area contributed by atoms with Crippen molar-refractivity contribution < 1.29 is 9.53 Å². The average Bonchev–Trinajstić information content (AvgIpc) is 2.93. The van der Waals surface area contributed by atoms with Crippen molar-refractivity contribution in [1.82, 2.24) is 19.7 Å². The first-order valence-corrected chi connectivity index (χ1v) is 8.51. The predicted octanol–water partition coefficient (Wildman–Crippen LogP) is 2.77. The highest BCUT2D eigenvalue weighted by molar-refractivity contribution is 5.97. The topological polar surface area (TPSA) is 60.2 Å². The number of benzene rings is 1. The largest absolute Gasteiger partial charge is 0.493 e. The molecule has 0 N–H and O–H groups in total.